The van der Waals surface area contributed by atoms with E-state index in [9.17, 15) is 4.79 Å². The van der Waals surface area contributed by atoms with E-state index >= 15 is 0 Å². The molecule has 1 aromatic heterocycles. The third kappa shape index (κ3) is 4.30. The SMILES string of the molecule is Cc1cccc(OCCC(=O)Nc2nc3c(s2)C[C@@H](N)CC3)c1. The second-order valence-electron chi connectivity index (χ2n) is 5.85. The number of ether oxygens (including phenoxy) is 1. The Morgan fingerprint density at radius 2 is 2.39 bits per heavy atom. The third-order valence-electron chi connectivity index (χ3n) is 3.81. The average molecular weight is 331 g/mol. The van der Waals surface area contributed by atoms with Crippen LogP contribution in [0.2, 0.25) is 0 Å². The lowest BCUT2D eigenvalue weighted by Crippen LogP contribution is -2.27. The molecule has 0 spiro atoms. The molecule has 2 aromatic rings. The molecule has 5 nitrogen and oxygen atoms in total. The Kier molecular flexibility index (Phi) is 4.93. The van der Waals surface area contributed by atoms with Gasteiger partial charge in [0.2, 0.25) is 5.91 Å². The lowest BCUT2D eigenvalue weighted by Gasteiger charge is -2.15. The van der Waals surface area contributed by atoms with Gasteiger partial charge >= 0.3 is 0 Å². The highest BCUT2D eigenvalue weighted by atomic mass is 32.1. The Hall–Kier alpha value is -1.92. The van der Waals surface area contributed by atoms with Crippen LogP contribution in [-0.2, 0) is 17.6 Å². The molecule has 6 heteroatoms. The zero-order chi connectivity index (χ0) is 16.2. The normalized spacial score (nSPS) is 16.7. The van der Waals surface area contributed by atoms with E-state index in [1.165, 1.54) is 16.2 Å². The summed E-state index contributed by atoms with van der Waals surface area (Å²) in [7, 11) is 0. The topological polar surface area (TPSA) is 77.2 Å². The molecule has 122 valence electrons. The second kappa shape index (κ2) is 7.10. The van der Waals surface area contributed by atoms with Gasteiger partial charge in [0.1, 0.15) is 5.75 Å². The van der Waals surface area contributed by atoms with Crippen molar-refractivity contribution in [3.05, 3.63) is 40.4 Å². The first kappa shape index (κ1) is 16.0. The number of amides is 1. The summed E-state index contributed by atoms with van der Waals surface area (Å²) in [4.78, 5) is 17.7. The maximum atomic E-state index is 12.0. The van der Waals surface area contributed by atoms with E-state index in [0.717, 1.165) is 36.3 Å². The zero-order valence-electron chi connectivity index (χ0n) is 13.2. The van der Waals surface area contributed by atoms with Crippen LogP contribution in [0, 0.1) is 6.92 Å². The highest BCUT2D eigenvalue weighted by Gasteiger charge is 2.20. The number of nitrogens with two attached hydrogens (primary N) is 1. The van der Waals surface area contributed by atoms with E-state index < -0.39 is 0 Å². The van der Waals surface area contributed by atoms with Gasteiger partial charge in [-0.1, -0.05) is 12.1 Å². The van der Waals surface area contributed by atoms with Gasteiger partial charge in [0.15, 0.2) is 5.13 Å². The van der Waals surface area contributed by atoms with Gasteiger partial charge in [0.25, 0.3) is 0 Å². The van der Waals surface area contributed by atoms with Gasteiger partial charge in [-0.15, -0.1) is 11.3 Å². The van der Waals surface area contributed by atoms with Crippen molar-refractivity contribution in [1.29, 1.82) is 0 Å². The molecule has 1 amide bonds. The molecule has 0 saturated carbocycles. The summed E-state index contributed by atoms with van der Waals surface area (Å²) < 4.78 is 5.60. The first-order chi connectivity index (χ1) is 11.1. The fraction of sp³-hybridized carbons (Fsp3) is 0.412. The van der Waals surface area contributed by atoms with Crippen LogP contribution in [0.15, 0.2) is 24.3 Å². The Balaban J connectivity index is 1.48. The molecule has 3 rings (SSSR count). The highest BCUT2D eigenvalue weighted by molar-refractivity contribution is 7.15. The number of nitrogens with zero attached hydrogens (tertiary/aromatic N) is 1. The van der Waals surface area contributed by atoms with Crippen molar-refractivity contribution in [2.75, 3.05) is 11.9 Å². The molecule has 1 heterocycles. The number of fused-ring (bicyclic) bond motifs is 1. The summed E-state index contributed by atoms with van der Waals surface area (Å²) in [5, 5.41) is 3.53. The molecule has 1 aliphatic carbocycles. The van der Waals surface area contributed by atoms with E-state index in [1.54, 1.807) is 0 Å². The summed E-state index contributed by atoms with van der Waals surface area (Å²) in [6.45, 7) is 2.36. The van der Waals surface area contributed by atoms with Gasteiger partial charge in [0, 0.05) is 10.9 Å². The monoisotopic (exact) mass is 331 g/mol. The standard InChI is InChI=1S/C17H21N3O2S/c1-11-3-2-4-13(9-11)22-8-7-16(21)20-17-19-14-6-5-12(18)10-15(14)23-17/h2-4,9,12H,5-8,10,18H2,1H3,(H,19,20,21)/t12-/m0/s1. The van der Waals surface area contributed by atoms with Gasteiger partial charge in [-0.25, -0.2) is 4.98 Å². The van der Waals surface area contributed by atoms with E-state index in [2.05, 4.69) is 10.3 Å². The molecular weight excluding hydrogens is 310 g/mol. The number of carbonyl (C=O) groups excluding carboxylic acids is 1. The molecular formula is C17H21N3O2S. The number of hydrogen-bond acceptors (Lipinski definition) is 5. The Morgan fingerprint density at radius 1 is 1.52 bits per heavy atom. The first-order valence-corrected chi connectivity index (χ1v) is 8.65. The predicted octanol–water partition coefficient (Wildman–Crippen LogP) is 2.68. The van der Waals surface area contributed by atoms with Gasteiger partial charge < -0.3 is 15.8 Å². The van der Waals surface area contributed by atoms with E-state index in [-0.39, 0.29) is 11.9 Å². The molecule has 3 N–H and O–H groups in total. The summed E-state index contributed by atoms with van der Waals surface area (Å²) in [5.74, 6) is 0.713. The van der Waals surface area contributed by atoms with Crippen LogP contribution in [-0.4, -0.2) is 23.5 Å². The van der Waals surface area contributed by atoms with E-state index in [0.29, 0.717) is 18.2 Å². The molecule has 0 saturated heterocycles. The molecule has 0 radical (unpaired) electrons. The summed E-state index contributed by atoms with van der Waals surface area (Å²) in [6, 6.07) is 8.01. The van der Waals surface area contributed by atoms with Crippen molar-refractivity contribution in [3.63, 3.8) is 0 Å². The number of aromatic nitrogens is 1. The summed E-state index contributed by atoms with van der Waals surface area (Å²) >= 11 is 1.54. The quantitative estimate of drug-likeness (QED) is 0.883. The van der Waals surface area contributed by atoms with Crippen LogP contribution >= 0.6 is 11.3 Å². The summed E-state index contributed by atoms with van der Waals surface area (Å²) in [5.41, 5.74) is 8.19. The largest absolute Gasteiger partial charge is 0.493 e. The molecule has 1 aromatic carbocycles. The maximum Gasteiger partial charge on any atom is 0.229 e. The molecule has 1 aliphatic rings. The Labute approximate surface area is 139 Å². The van der Waals surface area contributed by atoms with Gasteiger partial charge in [-0.3, -0.25) is 4.79 Å². The van der Waals surface area contributed by atoms with E-state index in [4.69, 9.17) is 10.5 Å². The van der Waals surface area contributed by atoms with Crippen LogP contribution in [0.25, 0.3) is 0 Å². The Bertz CT molecular complexity index is 699. The van der Waals surface area contributed by atoms with Gasteiger partial charge in [-0.2, -0.15) is 0 Å². The minimum absolute atomic E-state index is 0.0759. The number of aryl methyl sites for hydroxylation is 2. The van der Waals surface area contributed by atoms with Crippen molar-refractivity contribution < 1.29 is 9.53 Å². The number of carbonyl (C=O) groups is 1. The zero-order valence-corrected chi connectivity index (χ0v) is 14.0. The fourth-order valence-electron chi connectivity index (χ4n) is 2.60. The predicted molar refractivity (Wildman–Crippen MR) is 92.0 cm³/mol. The molecule has 0 aliphatic heterocycles. The van der Waals surface area contributed by atoms with Crippen molar-refractivity contribution in [2.45, 2.75) is 38.6 Å². The Morgan fingerprint density at radius 3 is 3.22 bits per heavy atom. The maximum absolute atomic E-state index is 12.0. The average Bonchev–Trinajstić information content (AvgIpc) is 2.88. The van der Waals surface area contributed by atoms with Crippen molar-refractivity contribution >= 4 is 22.4 Å². The van der Waals surface area contributed by atoms with Crippen LogP contribution in [0.1, 0.15) is 29.0 Å². The van der Waals surface area contributed by atoms with Gasteiger partial charge in [0.05, 0.1) is 18.7 Å². The lowest BCUT2D eigenvalue weighted by molar-refractivity contribution is -0.116. The molecule has 0 fully saturated rings. The van der Waals surface area contributed by atoms with Crippen LogP contribution < -0.4 is 15.8 Å². The minimum Gasteiger partial charge on any atom is -0.493 e. The fourth-order valence-corrected chi connectivity index (χ4v) is 3.72. The third-order valence-corrected chi connectivity index (χ3v) is 4.85. The highest BCUT2D eigenvalue weighted by Crippen LogP contribution is 2.29. The number of thiazole rings is 1. The number of nitrogens with one attached hydrogen (secondary N) is 1. The minimum atomic E-state index is -0.0759. The summed E-state index contributed by atoms with van der Waals surface area (Å²) in [6.07, 6.45) is 3.03. The number of anilines is 1. The smallest absolute Gasteiger partial charge is 0.229 e. The number of hydrogen-bond donors (Lipinski definition) is 2. The molecule has 1 atom stereocenters. The first-order valence-electron chi connectivity index (χ1n) is 7.83. The van der Waals surface area contributed by atoms with Crippen LogP contribution in [0.5, 0.6) is 5.75 Å². The molecule has 0 unspecified atom stereocenters. The van der Waals surface area contributed by atoms with Gasteiger partial charge in [-0.05, 0) is 43.9 Å². The second-order valence-corrected chi connectivity index (χ2v) is 6.94. The lowest BCUT2D eigenvalue weighted by atomic mass is 9.99. The molecule has 23 heavy (non-hydrogen) atoms. The van der Waals surface area contributed by atoms with Crippen molar-refractivity contribution in [1.82, 2.24) is 4.98 Å². The van der Waals surface area contributed by atoms with Crippen LogP contribution in [0.3, 0.4) is 0 Å². The number of rotatable bonds is 5. The van der Waals surface area contributed by atoms with Crippen molar-refractivity contribution in [3.8, 4) is 5.75 Å². The number of benzene rings is 1. The molecule has 0 bridgehead atoms. The van der Waals surface area contributed by atoms with E-state index in [1.807, 2.05) is 31.2 Å². The van der Waals surface area contributed by atoms with Crippen molar-refractivity contribution in [2.24, 2.45) is 5.73 Å². The van der Waals surface area contributed by atoms with Crippen LogP contribution in [0.4, 0.5) is 5.13 Å².